The molecule has 0 unspecified atom stereocenters. The number of sulfonamides is 1. The Balaban J connectivity index is 1.62. The first-order valence-electron chi connectivity index (χ1n) is 12.8. The van der Waals surface area contributed by atoms with Crippen LogP contribution in [0.5, 0.6) is 0 Å². The van der Waals surface area contributed by atoms with Crippen molar-refractivity contribution in [2.45, 2.75) is 43.9 Å². The first-order chi connectivity index (χ1) is 18.6. The normalized spacial score (nSPS) is 13.6. The van der Waals surface area contributed by atoms with Crippen molar-refractivity contribution in [3.8, 4) is 0 Å². The predicted molar refractivity (Wildman–Crippen MR) is 150 cm³/mol. The summed E-state index contributed by atoms with van der Waals surface area (Å²) in [6, 6.07) is 22.9. The van der Waals surface area contributed by atoms with E-state index in [-0.39, 0.29) is 30.3 Å². The molecule has 0 aliphatic carbocycles. The van der Waals surface area contributed by atoms with Crippen LogP contribution in [0.3, 0.4) is 0 Å². The second kappa shape index (κ2) is 12.4. The van der Waals surface area contributed by atoms with Crippen molar-refractivity contribution in [1.29, 1.82) is 0 Å². The molecule has 0 radical (unpaired) electrons. The Morgan fingerprint density at radius 2 is 1.62 bits per heavy atom. The third-order valence-corrected chi connectivity index (χ3v) is 8.28. The fourth-order valence-corrected chi connectivity index (χ4v) is 6.22. The molecule has 39 heavy (non-hydrogen) atoms. The molecule has 4 aromatic rings. The molecule has 0 spiro atoms. The van der Waals surface area contributed by atoms with Crippen molar-refractivity contribution < 1.29 is 23.4 Å². The summed E-state index contributed by atoms with van der Waals surface area (Å²) in [7, 11) is -4.03. The van der Waals surface area contributed by atoms with Gasteiger partial charge in [-0.25, -0.2) is 18.2 Å². The van der Waals surface area contributed by atoms with Gasteiger partial charge in [0, 0.05) is 19.6 Å². The molecule has 9 nitrogen and oxygen atoms in total. The number of hydrogen-bond donors (Lipinski definition) is 3. The van der Waals surface area contributed by atoms with Crippen molar-refractivity contribution in [1.82, 2.24) is 19.2 Å². The standard InChI is InChI=1S/C29H34N4O5S/c1-21(2)17-33(19-28(34)26(31-29(35)36)15-22-9-5-3-6-10-22)39(37,38)24-13-14-25-27(16-24)32(20-30-25)18-23-11-7-4-8-12-23/h3-14,16,20-21,26,28,31,34H,15,17-19H2,1-2H3,(H,35,36)/t26-,28-/m0/s1. The zero-order chi connectivity index (χ0) is 28.0. The van der Waals surface area contributed by atoms with E-state index in [1.165, 1.54) is 10.4 Å². The number of nitrogens with zero attached hydrogens (tertiary/aromatic N) is 3. The summed E-state index contributed by atoms with van der Waals surface area (Å²) in [4.78, 5) is 16.0. The van der Waals surface area contributed by atoms with E-state index in [1.54, 1.807) is 18.5 Å². The third kappa shape index (κ3) is 7.23. The first-order valence-corrected chi connectivity index (χ1v) is 14.3. The van der Waals surface area contributed by atoms with Crippen LogP contribution in [-0.2, 0) is 23.0 Å². The number of benzene rings is 3. The quantitative estimate of drug-likeness (QED) is 0.245. The number of nitrogens with one attached hydrogen (secondary N) is 1. The number of amides is 1. The fourth-order valence-electron chi connectivity index (χ4n) is 4.58. The SMILES string of the molecule is CC(C)CN(C[C@H](O)[C@H](Cc1ccccc1)NC(=O)O)S(=O)(=O)c1ccc2ncn(Cc3ccccc3)c2c1. The molecule has 0 bridgehead atoms. The summed E-state index contributed by atoms with van der Waals surface area (Å²) in [5, 5.41) is 22.9. The molecule has 3 aromatic carbocycles. The van der Waals surface area contributed by atoms with E-state index in [2.05, 4.69) is 10.3 Å². The molecular formula is C29H34N4O5S. The van der Waals surface area contributed by atoms with E-state index < -0.39 is 28.3 Å². The zero-order valence-corrected chi connectivity index (χ0v) is 22.8. The second-order valence-corrected chi connectivity index (χ2v) is 12.0. The summed E-state index contributed by atoms with van der Waals surface area (Å²) >= 11 is 0. The molecule has 206 valence electrons. The Hall–Kier alpha value is -3.73. The maximum absolute atomic E-state index is 13.9. The minimum atomic E-state index is -4.03. The Bertz CT molecular complexity index is 1490. The molecule has 0 saturated heterocycles. The lowest BCUT2D eigenvalue weighted by atomic mass is 10.0. The Morgan fingerprint density at radius 1 is 0.974 bits per heavy atom. The van der Waals surface area contributed by atoms with Crippen LogP contribution in [0.2, 0.25) is 0 Å². The Morgan fingerprint density at radius 3 is 2.23 bits per heavy atom. The summed E-state index contributed by atoms with van der Waals surface area (Å²) in [5.74, 6) is -0.0284. The van der Waals surface area contributed by atoms with Crippen LogP contribution in [0.25, 0.3) is 11.0 Å². The van der Waals surface area contributed by atoms with Crippen molar-refractivity contribution in [2.24, 2.45) is 5.92 Å². The fraction of sp³-hybridized carbons (Fsp3) is 0.310. The number of aromatic nitrogens is 2. The molecule has 0 saturated carbocycles. The minimum Gasteiger partial charge on any atom is -0.465 e. The van der Waals surface area contributed by atoms with E-state index in [0.717, 1.165) is 11.1 Å². The van der Waals surface area contributed by atoms with Crippen molar-refractivity contribution in [2.75, 3.05) is 13.1 Å². The molecule has 0 aliphatic rings. The van der Waals surface area contributed by atoms with Gasteiger partial charge < -0.3 is 20.1 Å². The van der Waals surface area contributed by atoms with Gasteiger partial charge in [0.15, 0.2) is 0 Å². The number of imidazole rings is 1. The molecule has 0 aliphatic heterocycles. The second-order valence-electron chi connectivity index (χ2n) is 10.0. The number of fused-ring (bicyclic) bond motifs is 1. The molecule has 4 rings (SSSR count). The number of carbonyl (C=O) groups is 1. The lowest BCUT2D eigenvalue weighted by Gasteiger charge is -2.30. The molecule has 2 atom stereocenters. The summed E-state index contributed by atoms with van der Waals surface area (Å²) in [6.45, 7) is 4.22. The van der Waals surface area contributed by atoms with Gasteiger partial charge in [0.2, 0.25) is 10.0 Å². The average Bonchev–Trinajstić information content (AvgIpc) is 3.30. The van der Waals surface area contributed by atoms with Crippen LogP contribution in [0.1, 0.15) is 25.0 Å². The highest BCUT2D eigenvalue weighted by Crippen LogP contribution is 2.24. The number of hydrogen-bond acceptors (Lipinski definition) is 5. The molecular weight excluding hydrogens is 516 g/mol. The Labute approximate surface area is 228 Å². The maximum atomic E-state index is 13.9. The maximum Gasteiger partial charge on any atom is 0.404 e. The van der Waals surface area contributed by atoms with Gasteiger partial charge in [-0.05, 0) is 41.7 Å². The van der Waals surface area contributed by atoms with E-state index in [0.29, 0.717) is 17.6 Å². The van der Waals surface area contributed by atoms with Crippen LogP contribution in [-0.4, -0.2) is 63.8 Å². The van der Waals surface area contributed by atoms with Crippen molar-refractivity contribution in [3.63, 3.8) is 0 Å². The number of rotatable bonds is 12. The van der Waals surface area contributed by atoms with Crippen LogP contribution in [0, 0.1) is 5.92 Å². The van der Waals surface area contributed by atoms with Crippen molar-refractivity contribution >= 4 is 27.1 Å². The predicted octanol–water partition coefficient (Wildman–Crippen LogP) is 3.97. The average molecular weight is 551 g/mol. The van der Waals surface area contributed by atoms with Crippen molar-refractivity contribution in [3.05, 3.63) is 96.3 Å². The van der Waals surface area contributed by atoms with E-state index >= 15 is 0 Å². The highest BCUT2D eigenvalue weighted by Gasteiger charge is 2.31. The van der Waals surface area contributed by atoms with Crippen LogP contribution >= 0.6 is 0 Å². The van der Waals surface area contributed by atoms with Gasteiger partial charge in [-0.15, -0.1) is 0 Å². The number of aliphatic hydroxyl groups excluding tert-OH is 1. The molecule has 10 heteroatoms. The van der Waals surface area contributed by atoms with Crippen LogP contribution in [0.15, 0.2) is 90.1 Å². The molecule has 1 heterocycles. The van der Waals surface area contributed by atoms with Gasteiger partial charge >= 0.3 is 6.09 Å². The number of carboxylic acid groups (broad SMARTS) is 1. The summed E-state index contributed by atoms with van der Waals surface area (Å²) in [6.07, 6.45) is -0.656. The highest BCUT2D eigenvalue weighted by atomic mass is 32.2. The van der Waals surface area contributed by atoms with E-state index in [4.69, 9.17) is 0 Å². The first kappa shape index (κ1) is 28.3. The monoisotopic (exact) mass is 550 g/mol. The molecule has 3 N–H and O–H groups in total. The lowest BCUT2D eigenvalue weighted by molar-refractivity contribution is 0.0980. The van der Waals surface area contributed by atoms with Crippen LogP contribution in [0.4, 0.5) is 4.79 Å². The highest BCUT2D eigenvalue weighted by molar-refractivity contribution is 7.89. The topological polar surface area (TPSA) is 125 Å². The van der Waals surface area contributed by atoms with E-state index in [9.17, 15) is 23.4 Å². The zero-order valence-electron chi connectivity index (χ0n) is 22.0. The third-order valence-electron chi connectivity index (χ3n) is 6.46. The van der Waals surface area contributed by atoms with E-state index in [1.807, 2.05) is 79.1 Å². The smallest absolute Gasteiger partial charge is 0.404 e. The number of aliphatic hydroxyl groups is 1. The summed E-state index contributed by atoms with van der Waals surface area (Å²) in [5.41, 5.74) is 3.24. The van der Waals surface area contributed by atoms with Gasteiger partial charge in [0.25, 0.3) is 0 Å². The van der Waals surface area contributed by atoms with Gasteiger partial charge in [0.1, 0.15) is 0 Å². The molecule has 1 aromatic heterocycles. The molecule has 0 fully saturated rings. The molecule has 1 amide bonds. The Kier molecular flexibility index (Phi) is 9.01. The van der Waals surface area contributed by atoms with Gasteiger partial charge in [-0.1, -0.05) is 74.5 Å². The van der Waals surface area contributed by atoms with Crippen LogP contribution < -0.4 is 5.32 Å². The summed E-state index contributed by atoms with van der Waals surface area (Å²) < 4.78 is 30.9. The minimum absolute atomic E-state index is 0.0284. The lowest BCUT2D eigenvalue weighted by Crippen LogP contribution is -2.50. The van der Waals surface area contributed by atoms with Gasteiger partial charge in [-0.3, -0.25) is 0 Å². The van der Waals surface area contributed by atoms with Gasteiger partial charge in [0.05, 0.1) is 34.4 Å². The van der Waals surface area contributed by atoms with Gasteiger partial charge in [-0.2, -0.15) is 4.31 Å². The largest absolute Gasteiger partial charge is 0.465 e.